The topological polar surface area (TPSA) is 135 Å². The van der Waals surface area contributed by atoms with Crippen LogP contribution in [-0.4, -0.2) is 36.8 Å². The zero-order chi connectivity index (χ0) is 16.4. The Kier molecular flexibility index (Phi) is 6.73. The zero-order valence-corrected chi connectivity index (χ0v) is 11.6. The van der Waals surface area contributed by atoms with Gasteiger partial charge in [-0.2, -0.15) is 10.5 Å². The first kappa shape index (κ1) is 16.8. The molecule has 0 bridgehead atoms. The smallest absolute Gasteiger partial charge is 0.408 e. The van der Waals surface area contributed by atoms with Crippen molar-refractivity contribution >= 4 is 12.0 Å². The molecule has 0 saturated heterocycles. The van der Waals surface area contributed by atoms with Crippen molar-refractivity contribution in [2.24, 2.45) is 0 Å². The van der Waals surface area contributed by atoms with Crippen molar-refractivity contribution in [2.75, 3.05) is 19.7 Å². The number of carbonyl (C=O) groups is 2. The summed E-state index contributed by atoms with van der Waals surface area (Å²) in [5.41, 5.74) is 0.550. The molecule has 1 unspecified atom stereocenters. The fraction of sp³-hybridized carbons (Fsp3) is 0.286. The van der Waals surface area contributed by atoms with Crippen molar-refractivity contribution in [2.45, 2.75) is 5.92 Å². The van der Waals surface area contributed by atoms with Crippen LogP contribution in [0.25, 0.3) is 0 Å². The van der Waals surface area contributed by atoms with Crippen LogP contribution < -0.4 is 10.6 Å². The third kappa shape index (κ3) is 5.39. The molecule has 0 heterocycles. The SMILES string of the molecule is N#CCNC(=O)C(CNC(=O)OCC#N)c1ccc(O)cc1. The van der Waals surface area contributed by atoms with Gasteiger partial charge in [-0.15, -0.1) is 0 Å². The standard InChI is InChI=1S/C14H14N4O4/c15-5-7-17-13(20)12(9-18-14(21)22-8-6-16)10-1-3-11(19)4-2-10/h1-4,12,19H,7-9H2,(H,17,20)(H,18,21). The third-order valence-corrected chi connectivity index (χ3v) is 2.67. The molecule has 2 amide bonds. The molecule has 8 heteroatoms. The summed E-state index contributed by atoms with van der Waals surface area (Å²) in [5.74, 6) is -1.17. The van der Waals surface area contributed by atoms with E-state index in [1.807, 2.05) is 0 Å². The molecule has 8 nitrogen and oxygen atoms in total. The van der Waals surface area contributed by atoms with Crippen molar-refractivity contribution in [1.82, 2.24) is 10.6 Å². The van der Waals surface area contributed by atoms with Crippen LogP contribution in [-0.2, 0) is 9.53 Å². The molecule has 0 aromatic heterocycles. The maximum atomic E-state index is 12.0. The van der Waals surface area contributed by atoms with E-state index >= 15 is 0 Å². The molecule has 0 aliphatic heterocycles. The Morgan fingerprint density at radius 3 is 2.45 bits per heavy atom. The maximum Gasteiger partial charge on any atom is 0.408 e. The lowest BCUT2D eigenvalue weighted by Crippen LogP contribution is -2.37. The molecule has 0 saturated carbocycles. The first-order chi connectivity index (χ1) is 10.6. The number of nitrogens with zero attached hydrogens (tertiary/aromatic N) is 2. The second-order valence-electron chi connectivity index (χ2n) is 4.14. The van der Waals surface area contributed by atoms with Gasteiger partial charge in [0.05, 0.1) is 12.0 Å². The van der Waals surface area contributed by atoms with Crippen molar-refractivity contribution in [3.63, 3.8) is 0 Å². The summed E-state index contributed by atoms with van der Waals surface area (Å²) < 4.78 is 4.52. The van der Waals surface area contributed by atoms with Crippen LogP contribution in [0.3, 0.4) is 0 Å². The lowest BCUT2D eigenvalue weighted by Gasteiger charge is -2.17. The summed E-state index contributed by atoms with van der Waals surface area (Å²) in [4.78, 5) is 23.4. The number of alkyl carbamates (subject to hydrolysis) is 1. The maximum absolute atomic E-state index is 12.0. The number of carbonyl (C=O) groups excluding carboxylic acids is 2. The molecular formula is C14H14N4O4. The molecule has 0 aliphatic carbocycles. The van der Waals surface area contributed by atoms with Gasteiger partial charge < -0.3 is 20.5 Å². The lowest BCUT2D eigenvalue weighted by molar-refractivity contribution is -0.122. The highest BCUT2D eigenvalue weighted by molar-refractivity contribution is 5.84. The van der Waals surface area contributed by atoms with E-state index in [2.05, 4.69) is 15.4 Å². The van der Waals surface area contributed by atoms with Gasteiger partial charge in [0.15, 0.2) is 6.61 Å². The normalized spacial score (nSPS) is 10.6. The second-order valence-corrected chi connectivity index (χ2v) is 4.14. The number of hydrogen-bond donors (Lipinski definition) is 3. The largest absolute Gasteiger partial charge is 0.508 e. The highest BCUT2D eigenvalue weighted by Crippen LogP contribution is 2.18. The van der Waals surface area contributed by atoms with E-state index in [4.69, 9.17) is 10.5 Å². The van der Waals surface area contributed by atoms with E-state index in [1.54, 1.807) is 12.1 Å². The Morgan fingerprint density at radius 2 is 1.86 bits per heavy atom. The van der Waals surface area contributed by atoms with E-state index in [0.29, 0.717) is 5.56 Å². The monoisotopic (exact) mass is 302 g/mol. The van der Waals surface area contributed by atoms with Gasteiger partial charge in [-0.05, 0) is 17.7 Å². The van der Waals surface area contributed by atoms with Gasteiger partial charge in [-0.1, -0.05) is 12.1 Å². The van der Waals surface area contributed by atoms with Gasteiger partial charge in [-0.25, -0.2) is 4.79 Å². The van der Waals surface area contributed by atoms with Crippen molar-refractivity contribution < 1.29 is 19.4 Å². The number of phenols is 1. The number of ether oxygens (including phenoxy) is 1. The average Bonchev–Trinajstić information content (AvgIpc) is 2.52. The number of aromatic hydroxyl groups is 1. The van der Waals surface area contributed by atoms with Crippen molar-refractivity contribution in [3.05, 3.63) is 29.8 Å². The number of amides is 2. The molecule has 1 rings (SSSR count). The lowest BCUT2D eigenvalue weighted by atomic mass is 9.98. The minimum Gasteiger partial charge on any atom is -0.508 e. The fourth-order valence-electron chi connectivity index (χ4n) is 1.65. The minimum atomic E-state index is -0.821. The summed E-state index contributed by atoms with van der Waals surface area (Å²) >= 11 is 0. The average molecular weight is 302 g/mol. The fourth-order valence-corrected chi connectivity index (χ4v) is 1.65. The zero-order valence-electron chi connectivity index (χ0n) is 11.6. The van der Waals surface area contributed by atoms with Crippen LogP contribution in [0.4, 0.5) is 4.79 Å². The number of hydrogen-bond acceptors (Lipinski definition) is 6. The molecule has 1 aromatic carbocycles. The first-order valence-electron chi connectivity index (χ1n) is 6.29. The van der Waals surface area contributed by atoms with Gasteiger partial charge >= 0.3 is 6.09 Å². The summed E-state index contributed by atoms with van der Waals surface area (Å²) in [6, 6.07) is 9.33. The Morgan fingerprint density at radius 1 is 1.18 bits per heavy atom. The molecule has 1 atom stereocenters. The molecule has 22 heavy (non-hydrogen) atoms. The van der Waals surface area contributed by atoms with Crippen LogP contribution in [0.1, 0.15) is 11.5 Å². The van der Waals surface area contributed by atoms with Crippen molar-refractivity contribution in [3.8, 4) is 17.9 Å². The van der Waals surface area contributed by atoms with E-state index in [9.17, 15) is 14.7 Å². The number of nitrogens with one attached hydrogen (secondary N) is 2. The Labute approximate surface area is 126 Å². The number of phenolic OH excluding ortho intramolecular Hbond substituents is 1. The van der Waals surface area contributed by atoms with E-state index in [-0.39, 0.29) is 18.8 Å². The molecular weight excluding hydrogens is 288 g/mol. The van der Waals surface area contributed by atoms with Gasteiger partial charge in [-0.3, -0.25) is 4.79 Å². The predicted octanol–water partition coefficient (Wildman–Crippen LogP) is 0.365. The highest BCUT2D eigenvalue weighted by Gasteiger charge is 2.21. The van der Waals surface area contributed by atoms with Crippen LogP contribution >= 0.6 is 0 Å². The summed E-state index contributed by atoms with van der Waals surface area (Å²) in [6.45, 7) is -0.630. The summed E-state index contributed by atoms with van der Waals surface area (Å²) in [6.07, 6.45) is -0.821. The van der Waals surface area contributed by atoms with E-state index in [0.717, 1.165) is 0 Å². The number of rotatable bonds is 6. The number of nitriles is 2. The second kappa shape index (κ2) is 8.82. The van der Waals surface area contributed by atoms with E-state index in [1.165, 1.54) is 24.3 Å². The molecule has 114 valence electrons. The molecule has 0 fully saturated rings. The molecule has 0 radical (unpaired) electrons. The van der Waals surface area contributed by atoms with E-state index < -0.39 is 24.5 Å². The van der Waals surface area contributed by atoms with Crippen LogP contribution in [0, 0.1) is 22.7 Å². The third-order valence-electron chi connectivity index (χ3n) is 2.67. The predicted molar refractivity (Wildman–Crippen MR) is 74.4 cm³/mol. The van der Waals surface area contributed by atoms with Crippen LogP contribution in [0.5, 0.6) is 5.75 Å². The molecule has 0 spiro atoms. The van der Waals surface area contributed by atoms with Gasteiger partial charge in [0.25, 0.3) is 0 Å². The Bertz CT molecular complexity index is 601. The highest BCUT2D eigenvalue weighted by atomic mass is 16.5. The quantitative estimate of drug-likeness (QED) is 0.649. The minimum absolute atomic E-state index is 0.0429. The molecule has 3 N–H and O–H groups in total. The Hall–Kier alpha value is -3.26. The van der Waals surface area contributed by atoms with Crippen LogP contribution in [0.2, 0.25) is 0 Å². The van der Waals surface area contributed by atoms with Gasteiger partial charge in [0.1, 0.15) is 18.4 Å². The van der Waals surface area contributed by atoms with Crippen LogP contribution in [0.15, 0.2) is 24.3 Å². The molecule has 1 aromatic rings. The number of benzene rings is 1. The summed E-state index contributed by atoms with van der Waals surface area (Å²) in [7, 11) is 0. The van der Waals surface area contributed by atoms with Gasteiger partial charge in [0, 0.05) is 6.54 Å². The Balaban J connectivity index is 2.76. The first-order valence-corrected chi connectivity index (χ1v) is 6.29. The van der Waals surface area contributed by atoms with Crippen molar-refractivity contribution in [1.29, 1.82) is 10.5 Å². The summed E-state index contributed by atoms with van der Waals surface area (Å²) in [5, 5.41) is 30.9. The molecule has 0 aliphatic rings. The van der Waals surface area contributed by atoms with Gasteiger partial charge in [0.2, 0.25) is 5.91 Å².